The zero-order chi connectivity index (χ0) is 10.3. The third-order valence-electron chi connectivity index (χ3n) is 1.67. The number of rotatable bonds is 6. The van der Waals surface area contributed by atoms with Gasteiger partial charge in [0.15, 0.2) is 5.78 Å². The Balaban J connectivity index is 3.75. The second-order valence-electron chi connectivity index (χ2n) is 2.81. The highest BCUT2D eigenvalue weighted by Gasteiger charge is 2.07. The van der Waals surface area contributed by atoms with Gasteiger partial charge in [-0.2, -0.15) is 0 Å². The lowest BCUT2D eigenvalue weighted by Gasteiger charge is -1.98. The Morgan fingerprint density at radius 3 is 2.46 bits per heavy atom. The Morgan fingerprint density at radius 2 is 2.00 bits per heavy atom. The fraction of sp³-hybridized carbons (Fsp3) is 0.667. The Bertz CT molecular complexity index is 275. The molecule has 0 aliphatic carbocycles. The summed E-state index contributed by atoms with van der Waals surface area (Å²) in [6.45, 7) is 3.38. The van der Waals surface area contributed by atoms with Gasteiger partial charge in [-0.3, -0.25) is 4.79 Å². The molecule has 0 heterocycles. The summed E-state index contributed by atoms with van der Waals surface area (Å²) >= 11 is 0. The van der Waals surface area contributed by atoms with Gasteiger partial charge in [0.25, 0.3) is 0 Å². The van der Waals surface area contributed by atoms with E-state index in [-0.39, 0.29) is 17.3 Å². The van der Waals surface area contributed by atoms with E-state index in [0.717, 1.165) is 0 Å². The van der Waals surface area contributed by atoms with Gasteiger partial charge < -0.3 is 0 Å². The molecule has 0 radical (unpaired) electrons. The minimum Gasteiger partial charge on any atom is -0.295 e. The van der Waals surface area contributed by atoms with Crippen LogP contribution < -0.4 is 0 Å². The van der Waals surface area contributed by atoms with Gasteiger partial charge in [-0.05, 0) is 19.4 Å². The van der Waals surface area contributed by atoms with E-state index < -0.39 is 9.84 Å². The number of hydrogen-bond acceptors (Lipinski definition) is 3. The van der Waals surface area contributed by atoms with Gasteiger partial charge in [0.1, 0.15) is 9.84 Å². The summed E-state index contributed by atoms with van der Waals surface area (Å²) in [7, 11) is -2.91. The summed E-state index contributed by atoms with van der Waals surface area (Å²) in [6, 6.07) is 0. The van der Waals surface area contributed by atoms with Crippen LogP contribution in [0.15, 0.2) is 12.2 Å². The Labute approximate surface area is 79.8 Å². The fourth-order valence-electron chi connectivity index (χ4n) is 0.880. The van der Waals surface area contributed by atoms with Gasteiger partial charge in [0, 0.05) is 12.2 Å². The van der Waals surface area contributed by atoms with Crippen LogP contribution in [-0.2, 0) is 14.6 Å². The van der Waals surface area contributed by atoms with Crippen LogP contribution in [-0.4, -0.2) is 25.7 Å². The molecule has 0 spiro atoms. The summed E-state index contributed by atoms with van der Waals surface area (Å²) in [5.74, 6) is 0.270. The SMILES string of the molecule is C/C=C/C(=O)CCCS(=O)(=O)CC. The van der Waals surface area contributed by atoms with E-state index in [1.165, 1.54) is 6.08 Å². The quantitative estimate of drug-likeness (QED) is 0.614. The molecule has 0 aromatic rings. The smallest absolute Gasteiger partial charge is 0.155 e. The molecule has 0 saturated heterocycles. The standard InChI is InChI=1S/C9H16O3S/c1-3-6-9(10)7-5-8-13(11,12)4-2/h3,6H,4-5,7-8H2,1-2H3/b6-3+. The van der Waals surface area contributed by atoms with Crippen molar-refractivity contribution in [2.75, 3.05) is 11.5 Å². The predicted octanol–water partition coefficient (Wildman–Crippen LogP) is 1.35. The molecule has 0 N–H and O–H groups in total. The second kappa shape index (κ2) is 5.91. The molecule has 76 valence electrons. The normalized spacial score (nSPS) is 12.2. The van der Waals surface area contributed by atoms with Crippen molar-refractivity contribution in [3.63, 3.8) is 0 Å². The minimum atomic E-state index is -2.91. The van der Waals surface area contributed by atoms with E-state index in [0.29, 0.717) is 12.8 Å². The lowest BCUT2D eigenvalue weighted by Crippen LogP contribution is -2.09. The maximum atomic E-state index is 11.0. The molecule has 0 aromatic heterocycles. The van der Waals surface area contributed by atoms with Crippen LogP contribution in [0.3, 0.4) is 0 Å². The number of hydrogen-bond donors (Lipinski definition) is 0. The summed E-state index contributed by atoms with van der Waals surface area (Å²) in [5, 5.41) is 0. The van der Waals surface area contributed by atoms with Gasteiger partial charge >= 0.3 is 0 Å². The van der Waals surface area contributed by atoms with Crippen molar-refractivity contribution in [1.29, 1.82) is 0 Å². The van der Waals surface area contributed by atoms with Crippen molar-refractivity contribution in [3.8, 4) is 0 Å². The van der Waals surface area contributed by atoms with E-state index in [2.05, 4.69) is 0 Å². The van der Waals surface area contributed by atoms with E-state index >= 15 is 0 Å². The molecular formula is C9H16O3S. The fourth-order valence-corrected chi connectivity index (χ4v) is 1.75. The highest BCUT2D eigenvalue weighted by atomic mass is 32.2. The minimum absolute atomic E-state index is 0.00574. The van der Waals surface area contributed by atoms with Gasteiger partial charge in [-0.1, -0.05) is 13.0 Å². The zero-order valence-electron chi connectivity index (χ0n) is 8.12. The molecule has 0 aromatic carbocycles. The summed E-state index contributed by atoms with van der Waals surface area (Å²) in [5.41, 5.74) is 0. The van der Waals surface area contributed by atoms with Crippen LogP contribution in [0, 0.1) is 0 Å². The Morgan fingerprint density at radius 1 is 1.38 bits per heavy atom. The van der Waals surface area contributed by atoms with Crippen molar-refractivity contribution in [1.82, 2.24) is 0 Å². The Hall–Kier alpha value is -0.640. The Kier molecular flexibility index (Phi) is 5.62. The number of carbonyl (C=O) groups excluding carboxylic acids is 1. The summed E-state index contributed by atoms with van der Waals surface area (Å²) < 4.78 is 22.0. The molecule has 4 heteroatoms. The van der Waals surface area contributed by atoms with Gasteiger partial charge in [-0.15, -0.1) is 0 Å². The van der Waals surface area contributed by atoms with Gasteiger partial charge in [0.05, 0.1) is 5.75 Å². The van der Waals surface area contributed by atoms with E-state index in [9.17, 15) is 13.2 Å². The van der Waals surface area contributed by atoms with Crippen LogP contribution in [0.5, 0.6) is 0 Å². The average Bonchev–Trinajstić information content (AvgIpc) is 2.05. The molecule has 13 heavy (non-hydrogen) atoms. The molecule has 0 rings (SSSR count). The van der Waals surface area contributed by atoms with Crippen molar-refractivity contribution >= 4 is 15.6 Å². The molecule has 0 aliphatic heterocycles. The maximum Gasteiger partial charge on any atom is 0.155 e. The van der Waals surface area contributed by atoms with Gasteiger partial charge in [-0.25, -0.2) is 8.42 Å². The number of allylic oxidation sites excluding steroid dienone is 2. The zero-order valence-corrected chi connectivity index (χ0v) is 8.93. The molecule has 0 aliphatic rings. The van der Waals surface area contributed by atoms with Crippen LogP contribution in [0.4, 0.5) is 0 Å². The van der Waals surface area contributed by atoms with Gasteiger partial charge in [0.2, 0.25) is 0 Å². The number of sulfone groups is 1. The number of carbonyl (C=O) groups is 1. The molecular weight excluding hydrogens is 188 g/mol. The third kappa shape index (κ3) is 6.51. The van der Waals surface area contributed by atoms with E-state index in [4.69, 9.17) is 0 Å². The highest BCUT2D eigenvalue weighted by Crippen LogP contribution is 1.98. The highest BCUT2D eigenvalue weighted by molar-refractivity contribution is 7.91. The molecule has 0 fully saturated rings. The lowest BCUT2D eigenvalue weighted by atomic mass is 10.2. The first kappa shape index (κ1) is 12.4. The topological polar surface area (TPSA) is 51.2 Å². The molecule has 0 saturated carbocycles. The molecule has 0 atom stereocenters. The third-order valence-corrected chi connectivity index (χ3v) is 3.46. The largest absolute Gasteiger partial charge is 0.295 e. The van der Waals surface area contributed by atoms with Crippen LogP contribution >= 0.6 is 0 Å². The van der Waals surface area contributed by atoms with Crippen LogP contribution in [0.2, 0.25) is 0 Å². The van der Waals surface area contributed by atoms with Crippen LogP contribution in [0.25, 0.3) is 0 Å². The molecule has 3 nitrogen and oxygen atoms in total. The van der Waals surface area contributed by atoms with Crippen molar-refractivity contribution in [3.05, 3.63) is 12.2 Å². The summed E-state index contributed by atoms with van der Waals surface area (Å²) in [6.07, 6.45) is 3.89. The van der Waals surface area contributed by atoms with Crippen molar-refractivity contribution < 1.29 is 13.2 Å². The lowest BCUT2D eigenvalue weighted by molar-refractivity contribution is -0.114. The van der Waals surface area contributed by atoms with E-state index in [1.54, 1.807) is 19.9 Å². The van der Waals surface area contributed by atoms with Crippen molar-refractivity contribution in [2.24, 2.45) is 0 Å². The molecule has 0 amide bonds. The van der Waals surface area contributed by atoms with E-state index in [1.807, 2.05) is 0 Å². The first-order valence-corrected chi connectivity index (χ1v) is 6.20. The van der Waals surface area contributed by atoms with Crippen molar-refractivity contribution in [2.45, 2.75) is 26.7 Å². The first-order chi connectivity index (χ1) is 6.02. The molecule has 0 unspecified atom stereocenters. The number of ketones is 1. The second-order valence-corrected chi connectivity index (χ2v) is 5.28. The predicted molar refractivity (Wildman–Crippen MR) is 53.4 cm³/mol. The first-order valence-electron chi connectivity index (χ1n) is 4.37. The average molecular weight is 204 g/mol. The van der Waals surface area contributed by atoms with Crippen LogP contribution in [0.1, 0.15) is 26.7 Å². The maximum absolute atomic E-state index is 11.0. The monoisotopic (exact) mass is 204 g/mol. The molecule has 0 bridgehead atoms. The summed E-state index contributed by atoms with van der Waals surface area (Å²) in [4.78, 5) is 10.9.